The number of non-ortho nitro benzene ring substituents is 1. The van der Waals surface area contributed by atoms with E-state index in [2.05, 4.69) is 0 Å². The lowest BCUT2D eigenvalue weighted by molar-refractivity contribution is -0.384. The van der Waals surface area contributed by atoms with Crippen LogP contribution in [0.1, 0.15) is 18.9 Å². The van der Waals surface area contributed by atoms with Gasteiger partial charge in [0.2, 0.25) is 5.91 Å². The molecule has 1 atom stereocenters. The van der Waals surface area contributed by atoms with Gasteiger partial charge < -0.3 is 14.4 Å². The number of hydrogen-bond acceptors (Lipinski definition) is 5. The first-order valence-corrected chi connectivity index (χ1v) is 9.16. The van der Waals surface area contributed by atoms with E-state index in [1.807, 2.05) is 31.2 Å². The third-order valence-corrected chi connectivity index (χ3v) is 4.30. The van der Waals surface area contributed by atoms with E-state index in [-0.39, 0.29) is 17.7 Å². The summed E-state index contributed by atoms with van der Waals surface area (Å²) in [4.78, 5) is 24.8. The molecule has 0 bridgehead atoms. The van der Waals surface area contributed by atoms with Crippen LogP contribution in [0.3, 0.4) is 0 Å². The van der Waals surface area contributed by atoms with E-state index in [0.717, 1.165) is 6.42 Å². The van der Waals surface area contributed by atoms with E-state index in [1.165, 1.54) is 18.2 Å². The second-order valence-corrected chi connectivity index (χ2v) is 6.47. The number of amides is 1. The van der Waals surface area contributed by atoms with Crippen LogP contribution in [0.5, 0.6) is 11.5 Å². The zero-order valence-electron chi connectivity index (χ0n) is 15.6. The Bertz CT molecular complexity index is 881. The molecule has 0 aromatic heterocycles. The summed E-state index contributed by atoms with van der Waals surface area (Å²) in [5.74, 6) is 1.21. The standard InChI is InChI=1S/C21H22N2O5/c1-2-12-22(14-18-15-27-19-8-3-4-9-20(19)28-18)21(24)11-10-16-6-5-7-17(13-16)23(25)26/h3-11,13,18H,2,12,14-15H2,1H3/b11-10+/t18-/m0/s1. The number of nitro groups is 1. The van der Waals surface area contributed by atoms with Gasteiger partial charge in [0.15, 0.2) is 17.6 Å². The smallest absolute Gasteiger partial charge is 0.270 e. The number of para-hydroxylation sites is 2. The fourth-order valence-electron chi connectivity index (χ4n) is 2.98. The minimum atomic E-state index is -0.458. The quantitative estimate of drug-likeness (QED) is 0.414. The van der Waals surface area contributed by atoms with Crippen molar-refractivity contribution < 1.29 is 19.2 Å². The lowest BCUT2D eigenvalue weighted by Gasteiger charge is -2.30. The Morgan fingerprint density at radius 1 is 1.25 bits per heavy atom. The van der Waals surface area contributed by atoms with Crippen molar-refractivity contribution in [1.82, 2.24) is 4.90 Å². The van der Waals surface area contributed by atoms with Gasteiger partial charge >= 0.3 is 0 Å². The first kappa shape index (κ1) is 19.4. The summed E-state index contributed by atoms with van der Waals surface area (Å²) in [6, 6.07) is 13.6. The normalized spacial score (nSPS) is 15.4. The minimum Gasteiger partial charge on any atom is -0.486 e. The lowest BCUT2D eigenvalue weighted by Crippen LogP contribution is -2.43. The molecule has 0 N–H and O–H groups in total. The molecule has 1 amide bonds. The average molecular weight is 382 g/mol. The first-order valence-electron chi connectivity index (χ1n) is 9.16. The SMILES string of the molecule is CCCN(C[C@H]1COc2ccccc2O1)C(=O)/C=C/c1cccc([N+](=O)[O-])c1. The van der Waals surface area contributed by atoms with Gasteiger partial charge in [-0.05, 0) is 30.2 Å². The highest BCUT2D eigenvalue weighted by molar-refractivity contribution is 5.91. The zero-order chi connectivity index (χ0) is 19.9. The van der Waals surface area contributed by atoms with Crippen molar-refractivity contribution in [3.8, 4) is 11.5 Å². The van der Waals surface area contributed by atoms with Crippen molar-refractivity contribution in [3.05, 3.63) is 70.3 Å². The Labute approximate surface area is 163 Å². The maximum Gasteiger partial charge on any atom is 0.270 e. The topological polar surface area (TPSA) is 81.9 Å². The summed E-state index contributed by atoms with van der Waals surface area (Å²) in [5, 5.41) is 10.9. The second-order valence-electron chi connectivity index (χ2n) is 6.47. The third-order valence-electron chi connectivity index (χ3n) is 4.30. The molecular formula is C21H22N2O5. The number of nitro benzene ring substituents is 1. The summed E-state index contributed by atoms with van der Waals surface area (Å²) in [5.41, 5.74) is 0.594. The van der Waals surface area contributed by atoms with Crippen LogP contribution in [0.25, 0.3) is 6.08 Å². The fraction of sp³-hybridized carbons (Fsp3) is 0.286. The van der Waals surface area contributed by atoms with Crippen LogP contribution in [0.2, 0.25) is 0 Å². The van der Waals surface area contributed by atoms with E-state index in [1.54, 1.807) is 23.1 Å². The molecular weight excluding hydrogens is 360 g/mol. The van der Waals surface area contributed by atoms with Gasteiger partial charge in [-0.15, -0.1) is 0 Å². The number of rotatable bonds is 7. The van der Waals surface area contributed by atoms with Crippen LogP contribution >= 0.6 is 0 Å². The fourth-order valence-corrected chi connectivity index (χ4v) is 2.98. The highest BCUT2D eigenvalue weighted by Crippen LogP contribution is 2.31. The molecule has 0 radical (unpaired) electrons. The molecule has 0 unspecified atom stereocenters. The van der Waals surface area contributed by atoms with Gasteiger partial charge in [-0.2, -0.15) is 0 Å². The maximum atomic E-state index is 12.7. The number of benzene rings is 2. The Hall–Kier alpha value is -3.35. The van der Waals surface area contributed by atoms with Gasteiger partial charge in [0.05, 0.1) is 11.5 Å². The molecule has 1 aliphatic rings. The third kappa shape index (κ3) is 4.88. The molecule has 2 aromatic rings. The molecule has 7 nitrogen and oxygen atoms in total. The molecule has 0 saturated carbocycles. The van der Waals surface area contributed by atoms with Gasteiger partial charge in [-0.3, -0.25) is 14.9 Å². The van der Waals surface area contributed by atoms with Crippen LogP contribution in [0.4, 0.5) is 5.69 Å². The van der Waals surface area contributed by atoms with Crippen LogP contribution in [0, 0.1) is 10.1 Å². The first-order chi connectivity index (χ1) is 13.6. The predicted octanol–water partition coefficient (Wildman–Crippen LogP) is 3.69. The summed E-state index contributed by atoms with van der Waals surface area (Å²) >= 11 is 0. The number of fused-ring (bicyclic) bond motifs is 1. The molecule has 0 saturated heterocycles. The van der Waals surface area contributed by atoms with Gasteiger partial charge in [-0.1, -0.05) is 31.2 Å². The van der Waals surface area contributed by atoms with Crippen LogP contribution in [-0.4, -0.2) is 41.5 Å². The van der Waals surface area contributed by atoms with Crippen molar-refractivity contribution in [2.24, 2.45) is 0 Å². The molecule has 0 fully saturated rings. The summed E-state index contributed by atoms with van der Waals surface area (Å²) in [6.45, 7) is 3.36. The van der Waals surface area contributed by atoms with Crippen molar-refractivity contribution in [2.75, 3.05) is 19.7 Å². The molecule has 0 aliphatic carbocycles. The van der Waals surface area contributed by atoms with Crippen LogP contribution in [0.15, 0.2) is 54.6 Å². The maximum absolute atomic E-state index is 12.7. The average Bonchev–Trinajstić information content (AvgIpc) is 2.71. The number of hydrogen-bond donors (Lipinski definition) is 0. The Morgan fingerprint density at radius 3 is 2.79 bits per heavy atom. The van der Waals surface area contributed by atoms with Crippen LogP contribution in [-0.2, 0) is 4.79 Å². The number of ether oxygens (including phenoxy) is 2. The largest absolute Gasteiger partial charge is 0.486 e. The van der Waals surface area contributed by atoms with Crippen molar-refractivity contribution >= 4 is 17.7 Å². The van der Waals surface area contributed by atoms with Crippen LogP contribution < -0.4 is 9.47 Å². The van der Waals surface area contributed by atoms with E-state index < -0.39 is 4.92 Å². The van der Waals surface area contributed by atoms with E-state index in [9.17, 15) is 14.9 Å². The van der Waals surface area contributed by atoms with E-state index in [4.69, 9.17) is 9.47 Å². The molecule has 146 valence electrons. The van der Waals surface area contributed by atoms with E-state index >= 15 is 0 Å². The highest BCUT2D eigenvalue weighted by Gasteiger charge is 2.24. The highest BCUT2D eigenvalue weighted by atomic mass is 16.6. The number of nitrogens with zero attached hydrogens (tertiary/aromatic N) is 2. The van der Waals surface area contributed by atoms with Gasteiger partial charge in [-0.25, -0.2) is 0 Å². The monoisotopic (exact) mass is 382 g/mol. The predicted molar refractivity (Wildman–Crippen MR) is 105 cm³/mol. The molecule has 3 rings (SSSR count). The number of carbonyl (C=O) groups is 1. The lowest BCUT2D eigenvalue weighted by atomic mass is 10.2. The summed E-state index contributed by atoms with van der Waals surface area (Å²) in [6.07, 6.45) is 3.58. The zero-order valence-corrected chi connectivity index (χ0v) is 15.6. The Balaban J connectivity index is 1.66. The molecule has 1 heterocycles. The second kappa shape index (κ2) is 9.03. The summed E-state index contributed by atoms with van der Waals surface area (Å²) < 4.78 is 11.7. The molecule has 1 aliphatic heterocycles. The van der Waals surface area contributed by atoms with Gasteiger partial charge in [0.1, 0.15) is 6.61 Å². The molecule has 0 spiro atoms. The number of carbonyl (C=O) groups excluding carboxylic acids is 1. The molecule has 7 heteroatoms. The van der Waals surface area contributed by atoms with Gasteiger partial charge in [0, 0.05) is 24.8 Å². The Kier molecular flexibility index (Phi) is 6.26. The van der Waals surface area contributed by atoms with Gasteiger partial charge in [0.25, 0.3) is 5.69 Å². The van der Waals surface area contributed by atoms with Crippen molar-refractivity contribution in [3.63, 3.8) is 0 Å². The Morgan fingerprint density at radius 2 is 2.04 bits per heavy atom. The molecule has 2 aromatic carbocycles. The van der Waals surface area contributed by atoms with Crippen molar-refractivity contribution in [1.29, 1.82) is 0 Å². The summed E-state index contributed by atoms with van der Waals surface area (Å²) in [7, 11) is 0. The molecule has 28 heavy (non-hydrogen) atoms. The van der Waals surface area contributed by atoms with E-state index in [0.29, 0.717) is 36.8 Å². The minimum absolute atomic E-state index is 0.00793. The van der Waals surface area contributed by atoms with Crippen molar-refractivity contribution in [2.45, 2.75) is 19.4 Å².